The molecule has 0 saturated heterocycles. The molecule has 2 aromatic carbocycles. The third kappa shape index (κ3) is 3.48. The summed E-state index contributed by atoms with van der Waals surface area (Å²) in [6.45, 7) is 6.50. The lowest BCUT2D eigenvalue weighted by molar-refractivity contribution is 0.120. The van der Waals surface area contributed by atoms with Crippen molar-refractivity contribution in [3.63, 3.8) is 0 Å². The van der Waals surface area contributed by atoms with Crippen LogP contribution < -0.4 is 0 Å². The van der Waals surface area contributed by atoms with Crippen molar-refractivity contribution in [3.8, 4) is 0 Å². The molecule has 0 amide bonds. The van der Waals surface area contributed by atoms with Crippen LogP contribution in [0, 0.1) is 5.82 Å². The second kappa shape index (κ2) is 7.58. The van der Waals surface area contributed by atoms with E-state index in [0.717, 1.165) is 24.0 Å². The second-order valence-electron chi connectivity index (χ2n) is 4.68. The van der Waals surface area contributed by atoms with Crippen LogP contribution in [0.2, 0.25) is 0 Å². The van der Waals surface area contributed by atoms with Crippen molar-refractivity contribution >= 4 is 23.2 Å². The number of nitrogens with zero attached hydrogens (tertiary/aromatic N) is 1. The molecule has 0 bridgehead atoms. The lowest BCUT2D eigenvalue weighted by Gasteiger charge is -2.23. The highest BCUT2D eigenvalue weighted by Crippen LogP contribution is 2.26. The van der Waals surface area contributed by atoms with Gasteiger partial charge in [0, 0.05) is 11.9 Å². The Morgan fingerprint density at radius 1 is 1.05 bits per heavy atom. The molecule has 0 heterocycles. The lowest BCUT2D eigenvalue weighted by atomic mass is 9.99. The van der Waals surface area contributed by atoms with E-state index in [2.05, 4.69) is 18.7 Å². The zero-order chi connectivity index (χ0) is 13.8. The maximum Gasteiger partial charge on any atom is 0.131 e. The van der Waals surface area contributed by atoms with E-state index in [9.17, 15) is 9.50 Å². The molecule has 20 heavy (non-hydrogen) atoms. The largest absolute Gasteiger partial charge is 0.387 e. The summed E-state index contributed by atoms with van der Waals surface area (Å²) >= 11 is 0. The summed E-state index contributed by atoms with van der Waals surface area (Å²) in [7, 11) is 0. The minimum atomic E-state index is -0.592. The molecule has 0 aliphatic rings. The normalized spacial score (nSPS) is 12.4. The number of likely N-dealkylation sites (N-methyl/N-ethyl adjacent to an activating group) is 1. The van der Waals surface area contributed by atoms with Crippen LogP contribution in [0.25, 0.3) is 10.8 Å². The number of benzene rings is 2. The molecule has 1 N–H and O–H groups in total. The minimum absolute atomic E-state index is 0. The van der Waals surface area contributed by atoms with E-state index in [1.807, 2.05) is 18.2 Å². The number of hydrogen-bond acceptors (Lipinski definition) is 2. The topological polar surface area (TPSA) is 23.5 Å². The third-order valence-electron chi connectivity index (χ3n) is 3.59. The molecule has 0 aliphatic carbocycles. The Hall–Kier alpha value is -1.16. The average Bonchev–Trinajstić information content (AvgIpc) is 2.45. The highest BCUT2D eigenvalue weighted by Gasteiger charge is 2.15. The smallest absolute Gasteiger partial charge is 0.131 e. The van der Waals surface area contributed by atoms with Gasteiger partial charge in [-0.2, -0.15) is 0 Å². The zero-order valence-corrected chi connectivity index (χ0v) is 12.7. The first-order valence-electron chi connectivity index (χ1n) is 6.75. The van der Waals surface area contributed by atoms with E-state index in [1.165, 1.54) is 6.07 Å². The SMILES string of the molecule is CCN(CC)CC(O)c1ccc(F)c2ccccc12.Cl. The standard InChI is InChI=1S/C16H20FNO.ClH/c1-3-18(4-2)11-16(19)14-9-10-15(17)13-8-6-5-7-12(13)14;/h5-10,16,19H,3-4,11H2,1-2H3;1H. The van der Waals surface area contributed by atoms with Crippen LogP contribution in [-0.4, -0.2) is 29.6 Å². The fraction of sp³-hybridized carbons (Fsp3) is 0.375. The van der Waals surface area contributed by atoms with Crippen molar-refractivity contribution < 1.29 is 9.50 Å². The molecule has 2 rings (SSSR count). The van der Waals surface area contributed by atoms with E-state index >= 15 is 0 Å². The predicted molar refractivity (Wildman–Crippen MR) is 83.9 cm³/mol. The summed E-state index contributed by atoms with van der Waals surface area (Å²) in [5.74, 6) is -0.241. The summed E-state index contributed by atoms with van der Waals surface area (Å²) in [6.07, 6.45) is -0.592. The van der Waals surface area contributed by atoms with Gasteiger partial charge in [0.2, 0.25) is 0 Å². The number of aliphatic hydroxyl groups is 1. The molecule has 110 valence electrons. The number of rotatable bonds is 5. The monoisotopic (exact) mass is 297 g/mol. The van der Waals surface area contributed by atoms with E-state index < -0.39 is 6.10 Å². The molecule has 2 nitrogen and oxygen atoms in total. The molecular weight excluding hydrogens is 277 g/mol. The maximum atomic E-state index is 13.7. The van der Waals surface area contributed by atoms with Gasteiger partial charge < -0.3 is 10.0 Å². The minimum Gasteiger partial charge on any atom is -0.387 e. The van der Waals surface area contributed by atoms with Gasteiger partial charge in [-0.25, -0.2) is 4.39 Å². The summed E-state index contributed by atoms with van der Waals surface area (Å²) < 4.78 is 13.7. The first-order valence-corrected chi connectivity index (χ1v) is 6.75. The molecule has 0 aliphatic heterocycles. The second-order valence-corrected chi connectivity index (χ2v) is 4.68. The van der Waals surface area contributed by atoms with Gasteiger partial charge in [0.25, 0.3) is 0 Å². The highest BCUT2D eigenvalue weighted by atomic mass is 35.5. The third-order valence-corrected chi connectivity index (χ3v) is 3.59. The number of halogens is 2. The van der Waals surface area contributed by atoms with E-state index in [1.54, 1.807) is 12.1 Å². The Bertz CT molecular complexity index is 557. The van der Waals surface area contributed by atoms with Gasteiger partial charge in [0.05, 0.1) is 6.10 Å². The molecule has 0 fully saturated rings. The van der Waals surface area contributed by atoms with Gasteiger partial charge in [-0.15, -0.1) is 12.4 Å². The van der Waals surface area contributed by atoms with Crippen LogP contribution in [0.5, 0.6) is 0 Å². The van der Waals surface area contributed by atoms with Gasteiger partial charge in [0.1, 0.15) is 5.82 Å². The Balaban J connectivity index is 0.00000200. The van der Waals surface area contributed by atoms with Crippen molar-refractivity contribution in [2.75, 3.05) is 19.6 Å². The Morgan fingerprint density at radius 2 is 1.65 bits per heavy atom. The molecule has 0 aromatic heterocycles. The van der Waals surface area contributed by atoms with Crippen LogP contribution in [0.4, 0.5) is 4.39 Å². The fourth-order valence-electron chi connectivity index (χ4n) is 2.40. The summed E-state index contributed by atoms with van der Waals surface area (Å²) in [4.78, 5) is 2.16. The quantitative estimate of drug-likeness (QED) is 0.908. The Kier molecular flexibility index (Phi) is 6.40. The lowest BCUT2D eigenvalue weighted by Crippen LogP contribution is -2.28. The molecule has 0 spiro atoms. The zero-order valence-electron chi connectivity index (χ0n) is 11.8. The molecule has 0 saturated carbocycles. The number of aliphatic hydroxyl groups excluding tert-OH is 1. The van der Waals surface area contributed by atoms with Crippen molar-refractivity contribution in [1.29, 1.82) is 0 Å². The van der Waals surface area contributed by atoms with Gasteiger partial charge >= 0.3 is 0 Å². The first-order chi connectivity index (χ1) is 9.17. The fourth-order valence-corrected chi connectivity index (χ4v) is 2.40. The number of fused-ring (bicyclic) bond motifs is 1. The highest BCUT2D eigenvalue weighted by molar-refractivity contribution is 5.86. The Labute approximate surface area is 125 Å². The summed E-state index contributed by atoms with van der Waals surface area (Å²) in [5, 5.41) is 11.7. The predicted octanol–water partition coefficient (Wildman–Crippen LogP) is 3.78. The Morgan fingerprint density at radius 3 is 2.25 bits per heavy atom. The molecule has 0 radical (unpaired) electrons. The first kappa shape index (κ1) is 16.9. The van der Waals surface area contributed by atoms with Crippen molar-refractivity contribution in [2.24, 2.45) is 0 Å². The van der Waals surface area contributed by atoms with Crippen molar-refractivity contribution in [2.45, 2.75) is 20.0 Å². The summed E-state index contributed by atoms with van der Waals surface area (Å²) in [6, 6.07) is 10.4. The maximum absolute atomic E-state index is 13.7. The van der Waals surface area contributed by atoms with E-state index in [0.29, 0.717) is 11.9 Å². The van der Waals surface area contributed by atoms with Gasteiger partial charge in [0.15, 0.2) is 0 Å². The van der Waals surface area contributed by atoms with Crippen LogP contribution >= 0.6 is 12.4 Å². The molecule has 1 unspecified atom stereocenters. The van der Waals surface area contributed by atoms with Crippen LogP contribution in [0.3, 0.4) is 0 Å². The summed E-state index contributed by atoms with van der Waals surface area (Å²) in [5.41, 5.74) is 0.795. The average molecular weight is 298 g/mol. The van der Waals surface area contributed by atoms with Crippen LogP contribution in [-0.2, 0) is 0 Å². The molecule has 1 atom stereocenters. The number of hydrogen-bond donors (Lipinski definition) is 1. The van der Waals surface area contributed by atoms with Gasteiger partial charge in [-0.05, 0) is 30.1 Å². The van der Waals surface area contributed by atoms with Crippen LogP contribution in [0.1, 0.15) is 25.5 Å². The van der Waals surface area contributed by atoms with Gasteiger partial charge in [-0.1, -0.05) is 44.2 Å². The molecular formula is C16H21ClFNO. The van der Waals surface area contributed by atoms with E-state index in [-0.39, 0.29) is 18.2 Å². The molecule has 4 heteroatoms. The van der Waals surface area contributed by atoms with Crippen molar-refractivity contribution in [3.05, 3.63) is 47.8 Å². The molecule has 2 aromatic rings. The van der Waals surface area contributed by atoms with Crippen LogP contribution in [0.15, 0.2) is 36.4 Å². The van der Waals surface area contributed by atoms with Crippen molar-refractivity contribution in [1.82, 2.24) is 4.90 Å². The van der Waals surface area contributed by atoms with E-state index in [4.69, 9.17) is 0 Å². The van der Waals surface area contributed by atoms with Gasteiger partial charge in [-0.3, -0.25) is 0 Å².